The van der Waals surface area contributed by atoms with Crippen LogP contribution >= 0.6 is 34.2 Å². The average Bonchev–Trinajstić information content (AvgIpc) is 2.29. The van der Waals surface area contributed by atoms with E-state index in [2.05, 4.69) is 22.6 Å². The number of alkyl halides is 1. The van der Waals surface area contributed by atoms with Crippen molar-refractivity contribution in [2.24, 2.45) is 0 Å². The number of carbonyl (C=O) groups excluding carboxylic acids is 1. The van der Waals surface area contributed by atoms with Crippen LogP contribution in [0.3, 0.4) is 0 Å². The predicted molar refractivity (Wildman–Crippen MR) is 73.9 cm³/mol. The first kappa shape index (κ1) is 12.2. The summed E-state index contributed by atoms with van der Waals surface area (Å²) in [6, 6.07) is 7.66. The second kappa shape index (κ2) is 5.36. The fraction of sp³-hybridized carbons (Fsp3) is 0.417. The molecule has 1 atom stereocenters. The number of hydrogen-bond donors (Lipinski definition) is 0. The smallest absolute Gasteiger partial charge is 0.253 e. The summed E-state index contributed by atoms with van der Waals surface area (Å²) in [5.74, 6) is 0.0988. The average molecular weight is 350 g/mol. The molecule has 1 aromatic carbocycles. The van der Waals surface area contributed by atoms with Crippen molar-refractivity contribution in [3.05, 3.63) is 33.4 Å². The van der Waals surface area contributed by atoms with E-state index in [-0.39, 0.29) is 11.3 Å². The number of benzene rings is 1. The third-order valence-corrected chi connectivity index (χ3v) is 3.82. The second-order valence-electron chi connectivity index (χ2n) is 4.00. The summed E-state index contributed by atoms with van der Waals surface area (Å²) in [5.41, 5.74) is 0.756. The molecule has 1 amide bonds. The van der Waals surface area contributed by atoms with Crippen molar-refractivity contribution in [1.29, 1.82) is 0 Å². The van der Waals surface area contributed by atoms with Gasteiger partial charge in [-0.2, -0.15) is 0 Å². The van der Waals surface area contributed by atoms with E-state index in [1.807, 2.05) is 29.2 Å². The van der Waals surface area contributed by atoms with Crippen molar-refractivity contribution >= 4 is 40.1 Å². The first-order valence-corrected chi connectivity index (χ1v) is 6.87. The number of nitrogens with zero attached hydrogens (tertiary/aromatic N) is 1. The fourth-order valence-electron chi connectivity index (χ4n) is 1.88. The normalized spacial score (nSPS) is 20.9. The van der Waals surface area contributed by atoms with Crippen LogP contribution in [0.4, 0.5) is 0 Å². The van der Waals surface area contributed by atoms with E-state index in [4.69, 9.17) is 11.6 Å². The highest BCUT2D eigenvalue weighted by molar-refractivity contribution is 14.1. The molecule has 1 fully saturated rings. The van der Waals surface area contributed by atoms with Crippen LogP contribution in [0.25, 0.3) is 0 Å². The molecule has 0 aliphatic carbocycles. The zero-order valence-corrected chi connectivity index (χ0v) is 11.7. The monoisotopic (exact) mass is 349 g/mol. The minimum absolute atomic E-state index is 0.0988. The molecule has 1 heterocycles. The lowest BCUT2D eigenvalue weighted by Crippen LogP contribution is -2.40. The highest BCUT2D eigenvalue weighted by Crippen LogP contribution is 2.18. The van der Waals surface area contributed by atoms with Gasteiger partial charge in [0.2, 0.25) is 0 Å². The zero-order valence-electron chi connectivity index (χ0n) is 8.83. The summed E-state index contributed by atoms with van der Waals surface area (Å²) >= 11 is 8.30. The molecule has 16 heavy (non-hydrogen) atoms. The Hall–Kier alpha value is -0.290. The fourth-order valence-corrected chi connectivity index (χ4v) is 2.57. The third kappa shape index (κ3) is 2.88. The summed E-state index contributed by atoms with van der Waals surface area (Å²) in [4.78, 5) is 14.0. The van der Waals surface area contributed by atoms with Gasteiger partial charge in [0.15, 0.2) is 0 Å². The van der Waals surface area contributed by atoms with Gasteiger partial charge >= 0.3 is 0 Å². The molecule has 0 spiro atoms. The van der Waals surface area contributed by atoms with Gasteiger partial charge in [0.1, 0.15) is 0 Å². The summed E-state index contributed by atoms with van der Waals surface area (Å²) in [6.45, 7) is 1.50. The molecule has 4 heteroatoms. The van der Waals surface area contributed by atoms with Gasteiger partial charge in [-0.1, -0.05) is 0 Å². The summed E-state index contributed by atoms with van der Waals surface area (Å²) in [6.07, 6.45) is 2.02. The van der Waals surface area contributed by atoms with E-state index >= 15 is 0 Å². The molecule has 0 saturated carbocycles. The van der Waals surface area contributed by atoms with Crippen LogP contribution in [0.1, 0.15) is 23.2 Å². The van der Waals surface area contributed by atoms with E-state index in [0.717, 1.165) is 28.5 Å². The Morgan fingerprint density at radius 1 is 1.38 bits per heavy atom. The van der Waals surface area contributed by atoms with Crippen LogP contribution < -0.4 is 0 Å². The number of hydrogen-bond acceptors (Lipinski definition) is 1. The Balaban J connectivity index is 2.09. The Labute approximate surface area is 114 Å². The minimum Gasteiger partial charge on any atom is -0.337 e. The Bertz CT molecular complexity index is 379. The first-order chi connectivity index (χ1) is 7.66. The van der Waals surface area contributed by atoms with Gasteiger partial charge in [0.05, 0.1) is 5.38 Å². The predicted octanol–water partition coefficient (Wildman–Crippen LogP) is 3.13. The molecule has 1 unspecified atom stereocenters. The molecule has 0 N–H and O–H groups in total. The number of piperidine rings is 1. The molecule has 0 bridgehead atoms. The lowest BCUT2D eigenvalue weighted by molar-refractivity contribution is 0.0727. The van der Waals surface area contributed by atoms with Crippen LogP contribution in [0.5, 0.6) is 0 Å². The topological polar surface area (TPSA) is 20.3 Å². The van der Waals surface area contributed by atoms with Crippen molar-refractivity contribution in [2.75, 3.05) is 13.1 Å². The van der Waals surface area contributed by atoms with Gasteiger partial charge in [-0.3, -0.25) is 4.79 Å². The molecule has 1 aliphatic heterocycles. The van der Waals surface area contributed by atoms with Crippen LogP contribution in [0, 0.1) is 3.57 Å². The lowest BCUT2D eigenvalue weighted by atomic mass is 10.1. The molecule has 2 rings (SSSR count). The molecule has 0 radical (unpaired) electrons. The summed E-state index contributed by atoms with van der Waals surface area (Å²) < 4.78 is 1.14. The number of amides is 1. The van der Waals surface area contributed by atoms with Crippen molar-refractivity contribution in [2.45, 2.75) is 18.2 Å². The number of carbonyl (C=O) groups is 1. The highest BCUT2D eigenvalue weighted by atomic mass is 127. The molecule has 1 saturated heterocycles. The highest BCUT2D eigenvalue weighted by Gasteiger charge is 2.22. The maximum absolute atomic E-state index is 12.1. The summed E-state index contributed by atoms with van der Waals surface area (Å²) in [5, 5.41) is 0.113. The van der Waals surface area contributed by atoms with E-state index in [0.29, 0.717) is 6.54 Å². The van der Waals surface area contributed by atoms with Crippen LogP contribution in [0.15, 0.2) is 24.3 Å². The Morgan fingerprint density at radius 2 is 2.06 bits per heavy atom. The van der Waals surface area contributed by atoms with Crippen molar-refractivity contribution in [3.63, 3.8) is 0 Å². The van der Waals surface area contributed by atoms with E-state index in [1.54, 1.807) is 0 Å². The third-order valence-electron chi connectivity index (χ3n) is 2.74. The SMILES string of the molecule is O=C(c1ccc(I)cc1)N1CCCC(Cl)C1. The van der Waals surface area contributed by atoms with Crippen LogP contribution in [0.2, 0.25) is 0 Å². The zero-order chi connectivity index (χ0) is 11.5. The molecular weight excluding hydrogens is 336 g/mol. The molecule has 0 aromatic heterocycles. The standard InChI is InChI=1S/C12H13ClINO/c13-10-2-1-7-15(8-10)12(16)9-3-5-11(14)6-4-9/h3-6,10H,1-2,7-8H2. The molecule has 86 valence electrons. The number of likely N-dealkylation sites (tertiary alicyclic amines) is 1. The first-order valence-electron chi connectivity index (χ1n) is 5.36. The second-order valence-corrected chi connectivity index (χ2v) is 5.86. The van der Waals surface area contributed by atoms with Gasteiger partial charge in [-0.05, 0) is 59.7 Å². The Morgan fingerprint density at radius 3 is 2.69 bits per heavy atom. The number of halogens is 2. The minimum atomic E-state index is 0.0988. The van der Waals surface area contributed by atoms with Gasteiger partial charge in [-0.15, -0.1) is 11.6 Å². The lowest BCUT2D eigenvalue weighted by Gasteiger charge is -2.29. The van der Waals surface area contributed by atoms with Gasteiger partial charge in [0, 0.05) is 22.2 Å². The maximum Gasteiger partial charge on any atom is 0.253 e. The summed E-state index contributed by atoms with van der Waals surface area (Å²) in [7, 11) is 0. The molecular formula is C12H13ClINO. The van der Waals surface area contributed by atoms with E-state index < -0.39 is 0 Å². The van der Waals surface area contributed by atoms with Crippen molar-refractivity contribution in [1.82, 2.24) is 4.90 Å². The van der Waals surface area contributed by atoms with Crippen LogP contribution in [-0.4, -0.2) is 29.3 Å². The van der Waals surface area contributed by atoms with Crippen LogP contribution in [-0.2, 0) is 0 Å². The van der Waals surface area contributed by atoms with Gasteiger partial charge in [0.25, 0.3) is 5.91 Å². The molecule has 1 aromatic rings. The van der Waals surface area contributed by atoms with Gasteiger partial charge < -0.3 is 4.90 Å². The van der Waals surface area contributed by atoms with Gasteiger partial charge in [-0.25, -0.2) is 0 Å². The number of rotatable bonds is 1. The van der Waals surface area contributed by atoms with Crippen molar-refractivity contribution in [3.8, 4) is 0 Å². The largest absolute Gasteiger partial charge is 0.337 e. The van der Waals surface area contributed by atoms with Crippen molar-refractivity contribution < 1.29 is 4.79 Å². The maximum atomic E-state index is 12.1. The quantitative estimate of drug-likeness (QED) is 0.563. The molecule has 2 nitrogen and oxygen atoms in total. The van der Waals surface area contributed by atoms with E-state index in [1.165, 1.54) is 0 Å². The Kier molecular flexibility index (Phi) is 4.08. The molecule has 1 aliphatic rings. The van der Waals surface area contributed by atoms with E-state index in [9.17, 15) is 4.79 Å².